The molecule has 0 aliphatic rings. The van der Waals surface area contributed by atoms with Gasteiger partial charge >= 0.3 is 0 Å². The molecule has 3 nitrogen and oxygen atoms in total. The van der Waals surface area contributed by atoms with E-state index in [0.717, 1.165) is 12.8 Å². The smallest absolute Gasteiger partial charge is 0.158 e. The van der Waals surface area contributed by atoms with Gasteiger partial charge in [0.1, 0.15) is 0 Å². The Morgan fingerprint density at radius 3 is 1.11 bits per heavy atom. The van der Waals surface area contributed by atoms with Gasteiger partial charge < -0.3 is 14.2 Å². The van der Waals surface area contributed by atoms with Crippen LogP contribution in [-0.2, 0) is 40.3 Å². The van der Waals surface area contributed by atoms with Gasteiger partial charge in [-0.3, -0.25) is 0 Å². The van der Waals surface area contributed by atoms with Gasteiger partial charge in [0.15, 0.2) is 12.6 Å². The number of benzene rings is 2. The van der Waals surface area contributed by atoms with Crippen LogP contribution in [0.5, 0.6) is 0 Å². The first-order valence-corrected chi connectivity index (χ1v) is 22.2. The standard InChI is InChI=1S/C38H62O3S4/c1-9-11-13-15-17-19-21-31-23-35(42-5)33(36(24-31)43-6)27-39-29(3)41-30(4)40-28-34-37(44-7)25-32(26-38(34)45-8)22-20-18-16-14-12-10-2/h23-26,29-30H,9-22,27-28H2,1-8H3. The molecule has 0 spiro atoms. The van der Waals surface area contributed by atoms with Crippen LogP contribution in [0, 0.1) is 0 Å². The topological polar surface area (TPSA) is 27.7 Å². The number of rotatable bonds is 26. The quantitative estimate of drug-likeness (QED) is 0.0550. The molecule has 2 aromatic rings. The van der Waals surface area contributed by atoms with Crippen molar-refractivity contribution in [3.63, 3.8) is 0 Å². The van der Waals surface area contributed by atoms with Gasteiger partial charge in [-0.2, -0.15) is 0 Å². The maximum atomic E-state index is 6.25. The Morgan fingerprint density at radius 2 is 0.800 bits per heavy atom. The summed E-state index contributed by atoms with van der Waals surface area (Å²) in [6.45, 7) is 9.57. The molecule has 256 valence electrons. The Hall–Kier alpha value is -0.280. The molecular formula is C38H62O3S4. The third-order valence-corrected chi connectivity index (χ3v) is 11.5. The van der Waals surface area contributed by atoms with E-state index in [-0.39, 0.29) is 12.6 Å². The number of hydrogen-bond acceptors (Lipinski definition) is 7. The Morgan fingerprint density at radius 1 is 0.489 bits per heavy atom. The third kappa shape index (κ3) is 15.7. The van der Waals surface area contributed by atoms with Crippen molar-refractivity contribution < 1.29 is 14.2 Å². The Balaban J connectivity index is 1.90. The molecule has 0 aliphatic carbocycles. The van der Waals surface area contributed by atoms with E-state index in [1.165, 1.54) is 119 Å². The van der Waals surface area contributed by atoms with Gasteiger partial charge in [0.2, 0.25) is 0 Å². The zero-order chi connectivity index (χ0) is 32.9. The third-order valence-electron chi connectivity index (χ3n) is 8.28. The van der Waals surface area contributed by atoms with Crippen molar-refractivity contribution in [1.29, 1.82) is 0 Å². The molecule has 0 amide bonds. The molecule has 2 atom stereocenters. The van der Waals surface area contributed by atoms with Crippen molar-refractivity contribution >= 4 is 47.0 Å². The predicted octanol–water partition coefficient (Wildman–Crippen LogP) is 12.8. The van der Waals surface area contributed by atoms with Gasteiger partial charge in [-0.1, -0.05) is 78.1 Å². The highest BCUT2D eigenvalue weighted by Crippen LogP contribution is 2.34. The molecular weight excluding hydrogens is 633 g/mol. The summed E-state index contributed by atoms with van der Waals surface area (Å²) in [7, 11) is 0. The van der Waals surface area contributed by atoms with Crippen molar-refractivity contribution in [2.45, 2.75) is 163 Å². The van der Waals surface area contributed by atoms with E-state index >= 15 is 0 Å². The molecule has 0 N–H and O–H groups in total. The Bertz CT molecular complexity index is 943. The highest BCUT2D eigenvalue weighted by atomic mass is 32.2. The van der Waals surface area contributed by atoms with Gasteiger partial charge in [-0.05, 0) is 99.9 Å². The Kier molecular flexibility index (Phi) is 22.5. The van der Waals surface area contributed by atoms with Crippen LogP contribution in [0.1, 0.15) is 127 Å². The van der Waals surface area contributed by atoms with Gasteiger partial charge in [0.25, 0.3) is 0 Å². The highest BCUT2D eigenvalue weighted by molar-refractivity contribution is 7.99. The second-order valence-corrected chi connectivity index (χ2v) is 15.3. The van der Waals surface area contributed by atoms with Gasteiger partial charge in [0.05, 0.1) is 13.2 Å². The first-order chi connectivity index (χ1) is 21.9. The zero-order valence-corrected chi connectivity index (χ0v) is 32.9. The van der Waals surface area contributed by atoms with E-state index in [1.807, 2.05) is 60.9 Å². The predicted molar refractivity (Wildman–Crippen MR) is 204 cm³/mol. The van der Waals surface area contributed by atoms with Crippen LogP contribution in [0.25, 0.3) is 0 Å². The number of unbranched alkanes of at least 4 members (excludes halogenated alkanes) is 10. The lowest BCUT2D eigenvalue weighted by molar-refractivity contribution is -0.239. The summed E-state index contributed by atoms with van der Waals surface area (Å²) in [4.78, 5) is 5.25. The molecule has 45 heavy (non-hydrogen) atoms. The molecule has 0 heterocycles. The van der Waals surface area contributed by atoms with E-state index in [4.69, 9.17) is 14.2 Å². The number of thioether (sulfide) groups is 4. The van der Waals surface area contributed by atoms with E-state index in [2.05, 4.69) is 63.1 Å². The average Bonchev–Trinajstić information content (AvgIpc) is 3.05. The molecule has 0 fully saturated rings. The van der Waals surface area contributed by atoms with Crippen LogP contribution in [0.3, 0.4) is 0 Å². The molecule has 2 unspecified atom stereocenters. The summed E-state index contributed by atoms with van der Waals surface area (Å²) in [5.74, 6) is 0. The fourth-order valence-corrected chi connectivity index (χ4v) is 8.49. The summed E-state index contributed by atoms with van der Waals surface area (Å²) in [6.07, 6.45) is 26.2. The second-order valence-electron chi connectivity index (χ2n) is 11.9. The normalized spacial score (nSPS) is 13.0. The highest BCUT2D eigenvalue weighted by Gasteiger charge is 2.17. The van der Waals surface area contributed by atoms with Crippen LogP contribution in [0.15, 0.2) is 43.8 Å². The van der Waals surface area contributed by atoms with E-state index < -0.39 is 0 Å². The van der Waals surface area contributed by atoms with E-state index in [9.17, 15) is 0 Å². The molecule has 0 bridgehead atoms. The van der Waals surface area contributed by atoms with Crippen LogP contribution in [-0.4, -0.2) is 37.6 Å². The molecule has 7 heteroatoms. The monoisotopic (exact) mass is 694 g/mol. The number of hydrogen-bond donors (Lipinski definition) is 0. The van der Waals surface area contributed by atoms with Gasteiger partial charge in [-0.25, -0.2) is 0 Å². The maximum Gasteiger partial charge on any atom is 0.158 e. The van der Waals surface area contributed by atoms with Crippen LogP contribution in [0.4, 0.5) is 0 Å². The minimum atomic E-state index is -0.369. The summed E-state index contributed by atoms with van der Waals surface area (Å²) >= 11 is 7.25. The van der Waals surface area contributed by atoms with E-state index in [1.54, 1.807) is 0 Å². The van der Waals surface area contributed by atoms with Crippen LogP contribution >= 0.6 is 47.0 Å². The first-order valence-electron chi connectivity index (χ1n) is 17.3. The van der Waals surface area contributed by atoms with Crippen molar-refractivity contribution in [3.05, 3.63) is 46.5 Å². The first kappa shape index (κ1) is 40.9. The molecule has 2 aromatic carbocycles. The van der Waals surface area contributed by atoms with Crippen molar-refractivity contribution in [1.82, 2.24) is 0 Å². The molecule has 0 saturated heterocycles. The van der Waals surface area contributed by atoms with Crippen molar-refractivity contribution in [2.75, 3.05) is 25.0 Å². The second kappa shape index (κ2) is 24.8. The maximum absolute atomic E-state index is 6.25. The number of ether oxygens (including phenoxy) is 3. The fraction of sp³-hybridized carbons (Fsp3) is 0.684. The number of aryl methyl sites for hydroxylation is 2. The Labute approximate surface area is 294 Å². The lowest BCUT2D eigenvalue weighted by Gasteiger charge is -2.22. The van der Waals surface area contributed by atoms with Gasteiger partial charge in [-0.15, -0.1) is 47.0 Å². The largest absolute Gasteiger partial charge is 0.348 e. The summed E-state index contributed by atoms with van der Waals surface area (Å²) < 4.78 is 18.6. The van der Waals surface area contributed by atoms with E-state index in [0.29, 0.717) is 13.2 Å². The van der Waals surface area contributed by atoms with Crippen LogP contribution in [0.2, 0.25) is 0 Å². The minimum Gasteiger partial charge on any atom is -0.348 e. The zero-order valence-electron chi connectivity index (χ0n) is 29.6. The van der Waals surface area contributed by atoms with Crippen molar-refractivity contribution in [2.24, 2.45) is 0 Å². The SMILES string of the molecule is CCCCCCCCc1cc(SC)c(COC(C)OC(C)OCc2c(SC)cc(CCCCCCCC)cc2SC)c(SC)c1. The lowest BCUT2D eigenvalue weighted by atomic mass is 10.0. The summed E-state index contributed by atoms with van der Waals surface area (Å²) in [6, 6.07) is 9.49. The molecule has 2 rings (SSSR count). The van der Waals surface area contributed by atoms with Crippen molar-refractivity contribution in [3.8, 4) is 0 Å². The lowest BCUT2D eigenvalue weighted by Crippen LogP contribution is -2.22. The van der Waals surface area contributed by atoms with Crippen LogP contribution < -0.4 is 0 Å². The average molecular weight is 695 g/mol. The van der Waals surface area contributed by atoms with Gasteiger partial charge in [0, 0.05) is 30.7 Å². The summed E-state index contributed by atoms with van der Waals surface area (Å²) in [5, 5.41) is 0. The molecule has 0 saturated carbocycles. The molecule has 0 aromatic heterocycles. The molecule has 0 aliphatic heterocycles. The summed E-state index contributed by atoms with van der Waals surface area (Å²) in [5.41, 5.74) is 5.42. The fourth-order valence-electron chi connectivity index (χ4n) is 5.62. The minimum absolute atomic E-state index is 0.369. The molecule has 0 radical (unpaired) electrons.